The van der Waals surface area contributed by atoms with E-state index < -0.39 is 0 Å². The van der Waals surface area contributed by atoms with Crippen molar-refractivity contribution in [3.8, 4) is 11.8 Å². The van der Waals surface area contributed by atoms with Crippen LogP contribution in [0.25, 0.3) is 0 Å². The molecule has 0 radical (unpaired) electrons. The molecule has 2 N–H and O–H groups in total. The second-order valence-corrected chi connectivity index (χ2v) is 7.58. The Morgan fingerprint density at radius 1 is 1.14 bits per heavy atom. The summed E-state index contributed by atoms with van der Waals surface area (Å²) >= 11 is 1.63. The molecule has 1 amide bonds. The van der Waals surface area contributed by atoms with Gasteiger partial charge in [0, 0.05) is 11.4 Å². The highest BCUT2D eigenvalue weighted by Crippen LogP contribution is 2.23. The van der Waals surface area contributed by atoms with Crippen molar-refractivity contribution in [1.82, 2.24) is 4.90 Å². The van der Waals surface area contributed by atoms with Crippen LogP contribution >= 0.6 is 11.3 Å². The number of thiophene rings is 1. The third kappa shape index (κ3) is 5.67. The van der Waals surface area contributed by atoms with Gasteiger partial charge in [0.15, 0.2) is 0 Å². The fourth-order valence-corrected chi connectivity index (χ4v) is 3.68. The molecule has 3 rings (SSSR count). The van der Waals surface area contributed by atoms with E-state index in [-0.39, 0.29) is 12.5 Å². The van der Waals surface area contributed by atoms with E-state index in [0.717, 1.165) is 16.9 Å². The summed E-state index contributed by atoms with van der Waals surface area (Å²) in [6, 6.07) is 20.7. The van der Waals surface area contributed by atoms with Gasteiger partial charge in [-0.1, -0.05) is 30.3 Å². The van der Waals surface area contributed by atoms with Crippen molar-refractivity contribution < 1.29 is 9.53 Å². The largest absolute Gasteiger partial charge is 0.488 e. The number of hydrogen-bond donors (Lipinski definition) is 1. The van der Waals surface area contributed by atoms with Crippen molar-refractivity contribution >= 4 is 17.2 Å². The van der Waals surface area contributed by atoms with Crippen molar-refractivity contribution in [2.75, 3.05) is 13.1 Å². The van der Waals surface area contributed by atoms with E-state index in [4.69, 9.17) is 15.7 Å². The van der Waals surface area contributed by atoms with E-state index in [1.165, 1.54) is 0 Å². The Hall–Kier alpha value is -3.14. The number of nitrogens with zero attached hydrogens (tertiary/aromatic N) is 2. The van der Waals surface area contributed by atoms with Crippen LogP contribution in [-0.2, 0) is 13.2 Å². The number of nitrogens with two attached hydrogens (primary N) is 1. The molecule has 148 valence electrons. The van der Waals surface area contributed by atoms with Crippen molar-refractivity contribution in [1.29, 1.82) is 5.26 Å². The molecule has 3 aromatic rings. The quantitative estimate of drug-likeness (QED) is 0.579. The molecule has 0 fully saturated rings. The van der Waals surface area contributed by atoms with E-state index in [0.29, 0.717) is 36.5 Å². The summed E-state index contributed by atoms with van der Waals surface area (Å²) in [5, 5.41) is 11.1. The van der Waals surface area contributed by atoms with Crippen LogP contribution in [0.2, 0.25) is 0 Å². The van der Waals surface area contributed by atoms with E-state index in [1.54, 1.807) is 35.6 Å². The van der Waals surface area contributed by atoms with Crippen LogP contribution in [0.5, 0.6) is 5.75 Å². The molecule has 2 aromatic carbocycles. The Labute approximate surface area is 175 Å². The molecular weight excluding hydrogens is 382 g/mol. The molecule has 1 aromatic heterocycles. The minimum Gasteiger partial charge on any atom is -0.488 e. The molecule has 0 aliphatic rings. The van der Waals surface area contributed by atoms with Crippen LogP contribution in [0, 0.1) is 11.3 Å². The summed E-state index contributed by atoms with van der Waals surface area (Å²) in [6.07, 6.45) is 0.737. The first-order valence-electron chi connectivity index (χ1n) is 9.44. The SMILES string of the molecule is N#Cc1cccc(COc2ccccc2C(=O)N(CCCN)Cc2cccs2)c1. The van der Waals surface area contributed by atoms with Crippen molar-refractivity contribution in [3.05, 3.63) is 87.6 Å². The molecule has 0 saturated heterocycles. The Morgan fingerprint density at radius 3 is 2.76 bits per heavy atom. The lowest BCUT2D eigenvalue weighted by atomic mass is 10.1. The van der Waals surface area contributed by atoms with E-state index >= 15 is 0 Å². The lowest BCUT2D eigenvalue weighted by Gasteiger charge is -2.23. The van der Waals surface area contributed by atoms with Gasteiger partial charge in [-0.2, -0.15) is 5.26 Å². The van der Waals surface area contributed by atoms with Crippen LogP contribution < -0.4 is 10.5 Å². The molecule has 5 nitrogen and oxygen atoms in total. The number of carbonyl (C=O) groups is 1. The predicted octanol–water partition coefficient (Wildman–Crippen LogP) is 4.19. The van der Waals surface area contributed by atoms with Crippen molar-refractivity contribution in [3.63, 3.8) is 0 Å². The van der Waals surface area contributed by atoms with Gasteiger partial charge in [0.2, 0.25) is 0 Å². The third-order valence-corrected chi connectivity index (χ3v) is 5.28. The zero-order valence-corrected chi connectivity index (χ0v) is 16.9. The first-order valence-corrected chi connectivity index (χ1v) is 10.3. The zero-order valence-electron chi connectivity index (χ0n) is 16.1. The van der Waals surface area contributed by atoms with Crippen LogP contribution in [0.3, 0.4) is 0 Å². The fourth-order valence-electron chi connectivity index (χ4n) is 2.96. The van der Waals surface area contributed by atoms with E-state index in [1.807, 2.05) is 46.7 Å². The Morgan fingerprint density at radius 2 is 2.00 bits per heavy atom. The van der Waals surface area contributed by atoms with Gasteiger partial charge in [-0.3, -0.25) is 4.79 Å². The molecule has 0 aliphatic heterocycles. The molecule has 0 bridgehead atoms. The normalized spacial score (nSPS) is 10.3. The molecule has 0 saturated carbocycles. The molecule has 0 aliphatic carbocycles. The monoisotopic (exact) mass is 405 g/mol. The molecule has 1 heterocycles. The van der Waals surface area contributed by atoms with Gasteiger partial charge in [-0.25, -0.2) is 0 Å². The number of amides is 1. The van der Waals surface area contributed by atoms with Gasteiger partial charge in [-0.15, -0.1) is 11.3 Å². The maximum atomic E-state index is 13.3. The van der Waals surface area contributed by atoms with Crippen LogP contribution in [-0.4, -0.2) is 23.9 Å². The first kappa shape index (κ1) is 20.6. The molecule has 0 unspecified atom stereocenters. The molecule has 6 heteroatoms. The standard InChI is InChI=1S/C23H23N3O2S/c24-11-5-12-26(16-20-8-4-13-29-20)23(27)21-9-1-2-10-22(21)28-17-19-7-3-6-18(14-19)15-25/h1-4,6-10,13-14H,5,11-12,16-17,24H2. The highest BCUT2D eigenvalue weighted by molar-refractivity contribution is 7.09. The van der Waals surface area contributed by atoms with Crippen molar-refractivity contribution in [2.24, 2.45) is 5.73 Å². The summed E-state index contributed by atoms with van der Waals surface area (Å²) in [7, 11) is 0. The van der Waals surface area contributed by atoms with Crippen LogP contribution in [0.4, 0.5) is 0 Å². The van der Waals surface area contributed by atoms with Crippen LogP contribution in [0.1, 0.15) is 32.8 Å². The summed E-state index contributed by atoms with van der Waals surface area (Å²) in [4.78, 5) is 16.2. The average molecular weight is 406 g/mol. The summed E-state index contributed by atoms with van der Waals surface area (Å²) < 4.78 is 5.95. The highest BCUT2D eigenvalue weighted by Gasteiger charge is 2.20. The lowest BCUT2D eigenvalue weighted by molar-refractivity contribution is 0.0739. The number of carbonyl (C=O) groups excluding carboxylic acids is 1. The maximum Gasteiger partial charge on any atom is 0.257 e. The lowest BCUT2D eigenvalue weighted by Crippen LogP contribution is -2.32. The Bertz CT molecular complexity index is 980. The Balaban J connectivity index is 1.77. The third-order valence-electron chi connectivity index (χ3n) is 4.41. The number of para-hydroxylation sites is 1. The van der Waals surface area contributed by atoms with Gasteiger partial charge in [0.05, 0.1) is 23.7 Å². The van der Waals surface area contributed by atoms with Gasteiger partial charge in [-0.05, 0) is 54.2 Å². The van der Waals surface area contributed by atoms with E-state index in [2.05, 4.69) is 6.07 Å². The summed E-state index contributed by atoms with van der Waals surface area (Å²) in [6.45, 7) is 1.95. The number of benzene rings is 2. The number of ether oxygens (including phenoxy) is 1. The van der Waals surface area contributed by atoms with Gasteiger partial charge >= 0.3 is 0 Å². The molecule has 29 heavy (non-hydrogen) atoms. The number of nitriles is 1. The van der Waals surface area contributed by atoms with Gasteiger partial charge < -0.3 is 15.4 Å². The summed E-state index contributed by atoms with van der Waals surface area (Å²) in [5.74, 6) is 0.456. The minimum atomic E-state index is -0.0757. The van der Waals surface area contributed by atoms with Crippen molar-refractivity contribution in [2.45, 2.75) is 19.6 Å². The van der Waals surface area contributed by atoms with E-state index in [9.17, 15) is 4.79 Å². The predicted molar refractivity (Wildman–Crippen MR) is 115 cm³/mol. The number of rotatable bonds is 9. The number of hydrogen-bond acceptors (Lipinski definition) is 5. The Kier molecular flexibility index (Phi) is 7.40. The molecule has 0 atom stereocenters. The smallest absolute Gasteiger partial charge is 0.257 e. The second-order valence-electron chi connectivity index (χ2n) is 6.55. The summed E-state index contributed by atoms with van der Waals surface area (Å²) in [5.41, 5.74) is 7.66. The second kappa shape index (κ2) is 10.4. The minimum absolute atomic E-state index is 0.0757. The highest BCUT2D eigenvalue weighted by atomic mass is 32.1. The van der Waals surface area contributed by atoms with Gasteiger partial charge in [0.25, 0.3) is 5.91 Å². The molecule has 0 spiro atoms. The topological polar surface area (TPSA) is 79.3 Å². The van der Waals surface area contributed by atoms with Gasteiger partial charge in [0.1, 0.15) is 12.4 Å². The van der Waals surface area contributed by atoms with Crippen LogP contribution in [0.15, 0.2) is 66.0 Å². The molecular formula is C23H23N3O2S. The average Bonchev–Trinajstić information content (AvgIpc) is 3.28. The zero-order chi connectivity index (χ0) is 20.5. The fraction of sp³-hybridized carbons (Fsp3) is 0.217. The first-order chi connectivity index (χ1) is 14.2. The maximum absolute atomic E-state index is 13.3.